The summed E-state index contributed by atoms with van der Waals surface area (Å²) in [6.45, 7) is 6.24. The van der Waals surface area contributed by atoms with E-state index < -0.39 is 6.04 Å². The second kappa shape index (κ2) is 14.2. The zero-order valence-corrected chi connectivity index (χ0v) is 30.2. The molecule has 1 saturated heterocycles. The molecule has 0 aliphatic carbocycles. The lowest BCUT2D eigenvalue weighted by Crippen LogP contribution is -2.47. The van der Waals surface area contributed by atoms with Crippen molar-refractivity contribution in [2.45, 2.75) is 45.6 Å². The number of rotatable bonds is 7. The Kier molecular flexibility index (Phi) is 9.37. The van der Waals surface area contributed by atoms with E-state index >= 15 is 0 Å². The molecular formula is C42H39N7O4. The second-order valence-corrected chi connectivity index (χ2v) is 13.7. The van der Waals surface area contributed by atoms with Crippen LogP contribution in [-0.4, -0.2) is 49.4 Å². The number of fused-ring (bicyclic) bond motifs is 2. The molecule has 1 aliphatic rings. The van der Waals surface area contributed by atoms with Gasteiger partial charge in [-0.2, -0.15) is 0 Å². The van der Waals surface area contributed by atoms with Gasteiger partial charge in [-0.05, 0) is 89.4 Å². The number of nitrogens with zero attached hydrogens (tertiary/aromatic N) is 4. The second-order valence-electron chi connectivity index (χ2n) is 13.7. The minimum atomic E-state index is -0.485. The molecule has 1 aliphatic heterocycles. The molecule has 0 bridgehead atoms. The third-order valence-electron chi connectivity index (χ3n) is 9.69. The van der Waals surface area contributed by atoms with Gasteiger partial charge in [0.1, 0.15) is 11.7 Å². The molecule has 53 heavy (non-hydrogen) atoms. The molecule has 1 atom stereocenters. The number of aryl methyl sites for hydroxylation is 3. The van der Waals surface area contributed by atoms with Gasteiger partial charge in [-0.1, -0.05) is 50.0 Å². The zero-order valence-electron chi connectivity index (χ0n) is 30.2. The molecule has 1 unspecified atom stereocenters. The van der Waals surface area contributed by atoms with Crippen LogP contribution in [0.2, 0.25) is 0 Å². The number of hydrogen-bond donors (Lipinski definition) is 3. The number of piperidine rings is 1. The summed E-state index contributed by atoms with van der Waals surface area (Å²) >= 11 is 0. The van der Waals surface area contributed by atoms with E-state index in [9.17, 15) is 19.2 Å². The van der Waals surface area contributed by atoms with Gasteiger partial charge in [0.25, 0.3) is 5.91 Å². The van der Waals surface area contributed by atoms with Crippen LogP contribution in [-0.2, 0) is 23.7 Å². The lowest BCUT2D eigenvalue weighted by molar-refractivity contribution is -0.133. The molecule has 11 nitrogen and oxygen atoms in total. The van der Waals surface area contributed by atoms with Crippen molar-refractivity contribution < 1.29 is 14.4 Å². The van der Waals surface area contributed by atoms with Crippen LogP contribution in [0.1, 0.15) is 59.8 Å². The maximum absolute atomic E-state index is 13.0. The topological polar surface area (TPSA) is 140 Å². The summed E-state index contributed by atoms with van der Waals surface area (Å²) in [5, 5.41) is 10.3. The number of amides is 3. The fourth-order valence-electron chi connectivity index (χ4n) is 6.89. The maximum atomic E-state index is 13.0. The highest BCUT2D eigenvalue weighted by Gasteiger charge is 2.26. The van der Waals surface area contributed by atoms with Crippen LogP contribution >= 0.6 is 0 Å². The number of imide groups is 1. The third-order valence-corrected chi connectivity index (χ3v) is 9.69. The number of nitrogens with one attached hydrogen (secondary N) is 3. The summed E-state index contributed by atoms with van der Waals surface area (Å²) in [5.74, 6) is 5.30. The summed E-state index contributed by atoms with van der Waals surface area (Å²) in [6.07, 6.45) is 4.25. The number of aromatic nitrogens is 4. The minimum absolute atomic E-state index is 0.0505. The van der Waals surface area contributed by atoms with Gasteiger partial charge in [0.2, 0.25) is 11.8 Å². The van der Waals surface area contributed by atoms with Gasteiger partial charge in [0.15, 0.2) is 0 Å². The van der Waals surface area contributed by atoms with Crippen molar-refractivity contribution in [1.82, 2.24) is 29.7 Å². The summed E-state index contributed by atoms with van der Waals surface area (Å²) in [4.78, 5) is 58.7. The highest BCUT2D eigenvalue weighted by atomic mass is 16.2. The Morgan fingerprint density at radius 2 is 1.77 bits per heavy atom. The zero-order chi connectivity index (χ0) is 37.4. The molecule has 266 valence electrons. The minimum Gasteiger partial charge on any atom is -0.374 e. The van der Waals surface area contributed by atoms with Crippen molar-refractivity contribution in [3.05, 3.63) is 112 Å². The first-order chi connectivity index (χ1) is 25.5. The molecule has 0 saturated carbocycles. The van der Waals surface area contributed by atoms with E-state index in [1.165, 1.54) is 0 Å². The van der Waals surface area contributed by atoms with Crippen LogP contribution in [0.25, 0.3) is 44.2 Å². The number of imidazole rings is 1. The van der Waals surface area contributed by atoms with Crippen molar-refractivity contribution in [3.8, 4) is 34.2 Å². The molecule has 3 amide bonds. The number of pyridine rings is 2. The van der Waals surface area contributed by atoms with Crippen molar-refractivity contribution in [3.63, 3.8) is 0 Å². The number of anilines is 1. The van der Waals surface area contributed by atoms with Gasteiger partial charge in [0.05, 0.1) is 23.3 Å². The number of carbonyl (C=O) groups excluding carboxylic acids is 3. The van der Waals surface area contributed by atoms with Crippen molar-refractivity contribution in [2.24, 2.45) is 14.1 Å². The van der Waals surface area contributed by atoms with Crippen LogP contribution in [0.4, 0.5) is 5.69 Å². The predicted octanol–water partition coefficient (Wildman–Crippen LogP) is 5.58. The molecule has 6 aromatic rings. The first-order valence-corrected chi connectivity index (χ1v) is 17.5. The van der Waals surface area contributed by atoms with E-state index in [1.807, 2.05) is 69.7 Å². The smallest absolute Gasteiger partial charge is 0.328 e. The van der Waals surface area contributed by atoms with Gasteiger partial charge in [0, 0.05) is 55.1 Å². The number of carbonyl (C=O) groups is 3. The summed E-state index contributed by atoms with van der Waals surface area (Å²) in [6, 6.07) is 21.2. The van der Waals surface area contributed by atoms with Crippen molar-refractivity contribution in [2.75, 3.05) is 11.9 Å². The van der Waals surface area contributed by atoms with Crippen LogP contribution < -0.4 is 21.6 Å². The van der Waals surface area contributed by atoms with Crippen LogP contribution in [0, 0.1) is 18.8 Å². The van der Waals surface area contributed by atoms with E-state index in [1.54, 1.807) is 15.3 Å². The first kappa shape index (κ1) is 34.9. The third kappa shape index (κ3) is 6.91. The molecule has 7 rings (SSSR count). The number of hydrogen-bond acceptors (Lipinski definition) is 7. The van der Waals surface area contributed by atoms with Gasteiger partial charge in [-0.15, -0.1) is 0 Å². The van der Waals surface area contributed by atoms with E-state index in [4.69, 9.17) is 4.98 Å². The van der Waals surface area contributed by atoms with Gasteiger partial charge in [-0.25, -0.2) is 4.79 Å². The SMILES string of the molecule is Cc1cc(-c2cc3cccc(-c4cc(C(C)C)c5c(c4)n(C)c(=O)n5C)c3cn2)cnc1C(=O)NCC#Cc1cccc(NC2CCC(=O)NC2=O)c1. The van der Waals surface area contributed by atoms with E-state index in [-0.39, 0.29) is 35.9 Å². The quantitative estimate of drug-likeness (QED) is 0.146. The first-order valence-electron chi connectivity index (χ1n) is 17.5. The van der Waals surface area contributed by atoms with Crippen LogP contribution in [0.5, 0.6) is 0 Å². The average molecular weight is 706 g/mol. The Hall–Kier alpha value is -6.54. The summed E-state index contributed by atoms with van der Waals surface area (Å²) in [5.41, 5.74) is 8.94. The Morgan fingerprint density at radius 1 is 0.962 bits per heavy atom. The average Bonchev–Trinajstić information content (AvgIpc) is 3.36. The Bertz CT molecular complexity index is 2590. The van der Waals surface area contributed by atoms with Crippen LogP contribution in [0.15, 0.2) is 83.9 Å². The molecule has 3 N–H and O–H groups in total. The summed E-state index contributed by atoms with van der Waals surface area (Å²) in [7, 11) is 3.63. The van der Waals surface area contributed by atoms with Crippen LogP contribution in [0.3, 0.4) is 0 Å². The summed E-state index contributed by atoms with van der Waals surface area (Å²) < 4.78 is 3.42. The lowest BCUT2D eigenvalue weighted by atomic mass is 9.93. The monoisotopic (exact) mass is 705 g/mol. The fourth-order valence-corrected chi connectivity index (χ4v) is 6.89. The van der Waals surface area contributed by atoms with Crippen molar-refractivity contribution in [1.29, 1.82) is 0 Å². The molecule has 3 aromatic carbocycles. The lowest BCUT2D eigenvalue weighted by Gasteiger charge is -2.22. The molecule has 1 fully saturated rings. The van der Waals surface area contributed by atoms with Gasteiger partial charge in [-0.3, -0.25) is 38.8 Å². The highest BCUT2D eigenvalue weighted by molar-refractivity contribution is 6.02. The molecule has 4 heterocycles. The van der Waals surface area contributed by atoms with E-state index in [0.29, 0.717) is 24.1 Å². The van der Waals surface area contributed by atoms with Gasteiger partial charge >= 0.3 is 5.69 Å². The molecular weight excluding hydrogens is 667 g/mol. The molecule has 3 aromatic heterocycles. The maximum Gasteiger partial charge on any atom is 0.328 e. The number of benzene rings is 3. The van der Waals surface area contributed by atoms with E-state index in [2.05, 4.69) is 70.9 Å². The normalized spacial score (nSPS) is 14.3. The van der Waals surface area contributed by atoms with E-state index in [0.717, 1.165) is 61.0 Å². The predicted molar refractivity (Wildman–Crippen MR) is 206 cm³/mol. The Balaban J connectivity index is 1.06. The molecule has 0 radical (unpaired) electrons. The fraction of sp³-hybridized carbons (Fsp3) is 0.238. The standard InChI is InChI=1S/C42H39N7O4/c1-24(2)32-19-28(21-36-39(32)49(5)42(53)48(36)4)31-13-7-11-27-20-35(44-23-33(27)31)29-17-25(3)38(45-22-29)41(52)43-16-8-10-26-9-6-12-30(18-26)46-34-14-15-37(50)47-40(34)51/h6-7,9,11-13,17-24,34,46H,14-16H2,1-5H3,(H,43,52)(H,47,50,51). The molecule has 0 spiro atoms. The van der Waals surface area contributed by atoms with Gasteiger partial charge < -0.3 is 10.6 Å². The molecule has 11 heteroatoms. The largest absolute Gasteiger partial charge is 0.374 e. The Morgan fingerprint density at radius 3 is 2.55 bits per heavy atom. The Labute approximate surface area is 306 Å². The highest BCUT2D eigenvalue weighted by Crippen LogP contribution is 2.35. The van der Waals surface area contributed by atoms with Crippen molar-refractivity contribution >= 4 is 45.2 Å².